The van der Waals surface area contributed by atoms with Gasteiger partial charge in [-0.1, -0.05) is 72.8 Å². The van der Waals surface area contributed by atoms with Crippen LogP contribution < -0.4 is 0 Å². The van der Waals surface area contributed by atoms with Crippen molar-refractivity contribution in [3.63, 3.8) is 0 Å². The van der Waals surface area contributed by atoms with Crippen molar-refractivity contribution in [2.24, 2.45) is 0 Å². The molecular weight excluding hydrogens is 470 g/mol. The lowest BCUT2D eigenvalue weighted by Crippen LogP contribution is -1.91. The minimum atomic E-state index is 0.386. The van der Waals surface area contributed by atoms with E-state index in [9.17, 15) is 5.26 Å². The van der Waals surface area contributed by atoms with Crippen LogP contribution >= 0.6 is 11.3 Å². The highest BCUT2D eigenvalue weighted by Gasteiger charge is 2.15. The van der Waals surface area contributed by atoms with E-state index < -0.39 is 0 Å². The lowest BCUT2D eigenvalue weighted by molar-refractivity contribution is 1.25. The summed E-state index contributed by atoms with van der Waals surface area (Å²) in [5.41, 5.74) is 6.56. The number of benzene rings is 4. The molecule has 172 valence electrons. The van der Waals surface area contributed by atoms with Crippen molar-refractivity contribution >= 4 is 42.3 Å². The Kier molecular flexibility index (Phi) is 5.02. The van der Waals surface area contributed by atoms with E-state index in [-0.39, 0.29) is 0 Å². The predicted octanol–water partition coefficient (Wildman–Crippen LogP) is 8.87. The molecule has 0 bridgehead atoms. The Morgan fingerprint density at radius 1 is 0.595 bits per heavy atom. The Bertz CT molecular complexity index is 2000. The predicted molar refractivity (Wildman–Crippen MR) is 153 cm³/mol. The van der Waals surface area contributed by atoms with Crippen LogP contribution in [0.3, 0.4) is 0 Å². The highest BCUT2D eigenvalue weighted by molar-refractivity contribution is 7.26. The molecule has 3 aromatic heterocycles. The second kappa shape index (κ2) is 8.67. The second-order valence-electron chi connectivity index (χ2n) is 8.97. The first-order valence-corrected chi connectivity index (χ1v) is 12.9. The number of hydrogen-bond donors (Lipinski definition) is 0. The van der Waals surface area contributed by atoms with Crippen LogP contribution in [0.5, 0.6) is 0 Å². The topological polar surface area (TPSA) is 49.6 Å². The van der Waals surface area contributed by atoms with Gasteiger partial charge in [0.15, 0.2) is 0 Å². The molecule has 0 saturated heterocycles. The van der Waals surface area contributed by atoms with Crippen molar-refractivity contribution in [1.29, 1.82) is 5.26 Å². The van der Waals surface area contributed by atoms with Gasteiger partial charge < -0.3 is 0 Å². The summed E-state index contributed by atoms with van der Waals surface area (Å²) in [6.45, 7) is 0. The standard InChI is InChI=1S/C33H19N3S/c34-20-24-17-23(15-16-35-24)29-11-6-12-30(36-29)28-19-32-33(26-10-5-4-9-25(26)28)27-14-13-22(18-31(27)37-32)21-7-2-1-3-8-21/h1-19H. The van der Waals surface area contributed by atoms with Gasteiger partial charge in [-0.15, -0.1) is 11.3 Å². The largest absolute Gasteiger partial charge is 0.248 e. The first-order valence-electron chi connectivity index (χ1n) is 12.1. The van der Waals surface area contributed by atoms with Gasteiger partial charge in [-0.05, 0) is 58.3 Å². The normalized spacial score (nSPS) is 11.2. The molecule has 7 aromatic rings. The highest BCUT2D eigenvalue weighted by atomic mass is 32.1. The molecule has 0 fully saturated rings. The van der Waals surface area contributed by atoms with Crippen molar-refractivity contribution in [1.82, 2.24) is 9.97 Å². The van der Waals surface area contributed by atoms with Crippen molar-refractivity contribution < 1.29 is 0 Å². The van der Waals surface area contributed by atoms with Gasteiger partial charge in [-0.2, -0.15) is 5.26 Å². The second-order valence-corrected chi connectivity index (χ2v) is 10.1. The van der Waals surface area contributed by atoms with Gasteiger partial charge in [0.1, 0.15) is 11.8 Å². The van der Waals surface area contributed by atoms with E-state index in [0.717, 1.165) is 22.5 Å². The number of pyridine rings is 2. The van der Waals surface area contributed by atoms with Gasteiger partial charge in [0.05, 0.1) is 11.4 Å². The molecule has 37 heavy (non-hydrogen) atoms. The summed E-state index contributed by atoms with van der Waals surface area (Å²) < 4.78 is 2.53. The minimum Gasteiger partial charge on any atom is -0.248 e. The zero-order valence-corrected chi connectivity index (χ0v) is 20.5. The lowest BCUT2D eigenvalue weighted by Gasteiger charge is -2.10. The zero-order chi connectivity index (χ0) is 24.8. The molecule has 3 nitrogen and oxygen atoms in total. The molecule has 0 unspecified atom stereocenters. The molecule has 4 aromatic carbocycles. The number of rotatable bonds is 3. The van der Waals surface area contributed by atoms with E-state index in [2.05, 4.69) is 96.0 Å². The molecule has 0 saturated carbocycles. The van der Waals surface area contributed by atoms with E-state index >= 15 is 0 Å². The van der Waals surface area contributed by atoms with E-state index in [1.54, 1.807) is 12.3 Å². The summed E-state index contributed by atoms with van der Waals surface area (Å²) in [5, 5.41) is 14.3. The van der Waals surface area contributed by atoms with Crippen LogP contribution in [-0.2, 0) is 0 Å². The van der Waals surface area contributed by atoms with Crippen LogP contribution in [0.25, 0.3) is 64.6 Å². The van der Waals surface area contributed by atoms with E-state index in [1.165, 1.54) is 42.1 Å². The molecular formula is C33H19N3S. The van der Waals surface area contributed by atoms with Crippen LogP contribution in [0.2, 0.25) is 0 Å². The van der Waals surface area contributed by atoms with Crippen LogP contribution in [0, 0.1) is 11.3 Å². The molecule has 7 rings (SSSR count). The van der Waals surface area contributed by atoms with Gasteiger partial charge in [-0.25, -0.2) is 9.97 Å². The molecule has 0 spiro atoms. The average Bonchev–Trinajstić information content (AvgIpc) is 3.35. The Hall–Kier alpha value is -4.85. The van der Waals surface area contributed by atoms with E-state index in [1.807, 2.05) is 29.5 Å². The maximum absolute atomic E-state index is 9.27. The summed E-state index contributed by atoms with van der Waals surface area (Å²) in [6, 6.07) is 40.0. The smallest absolute Gasteiger partial charge is 0.141 e. The number of nitriles is 1. The van der Waals surface area contributed by atoms with Crippen molar-refractivity contribution in [2.75, 3.05) is 0 Å². The van der Waals surface area contributed by atoms with Gasteiger partial charge in [0.2, 0.25) is 0 Å². The van der Waals surface area contributed by atoms with Crippen molar-refractivity contribution in [3.8, 4) is 39.7 Å². The molecule has 0 aliphatic carbocycles. The molecule has 0 aliphatic heterocycles. The third-order valence-corrected chi connectivity index (χ3v) is 7.88. The van der Waals surface area contributed by atoms with Crippen LogP contribution in [0.4, 0.5) is 0 Å². The zero-order valence-electron chi connectivity index (χ0n) is 19.7. The fraction of sp³-hybridized carbons (Fsp3) is 0. The van der Waals surface area contributed by atoms with Gasteiger partial charge in [0, 0.05) is 37.5 Å². The molecule has 3 heterocycles. The number of fused-ring (bicyclic) bond motifs is 5. The minimum absolute atomic E-state index is 0.386. The Morgan fingerprint density at radius 2 is 1.41 bits per heavy atom. The Morgan fingerprint density at radius 3 is 2.27 bits per heavy atom. The Labute approximate surface area is 217 Å². The quantitative estimate of drug-likeness (QED) is 0.249. The maximum atomic E-state index is 9.27. The van der Waals surface area contributed by atoms with Crippen LogP contribution in [0.1, 0.15) is 5.69 Å². The third kappa shape index (κ3) is 3.65. The summed E-state index contributed by atoms with van der Waals surface area (Å²) in [4.78, 5) is 9.12. The summed E-state index contributed by atoms with van der Waals surface area (Å²) in [5.74, 6) is 0. The molecule has 0 aliphatic rings. The number of aromatic nitrogens is 2. The van der Waals surface area contributed by atoms with E-state index in [0.29, 0.717) is 5.69 Å². The molecule has 4 heteroatoms. The van der Waals surface area contributed by atoms with Crippen molar-refractivity contribution in [2.45, 2.75) is 0 Å². The molecule has 0 radical (unpaired) electrons. The summed E-state index contributed by atoms with van der Waals surface area (Å²) in [7, 11) is 0. The summed E-state index contributed by atoms with van der Waals surface area (Å²) >= 11 is 1.83. The molecule has 0 amide bonds. The van der Waals surface area contributed by atoms with Crippen LogP contribution in [-0.4, -0.2) is 9.97 Å². The first kappa shape index (κ1) is 21.4. The third-order valence-electron chi connectivity index (χ3n) is 6.78. The average molecular weight is 490 g/mol. The molecule has 0 N–H and O–H groups in total. The summed E-state index contributed by atoms with van der Waals surface area (Å²) in [6.07, 6.45) is 1.66. The van der Waals surface area contributed by atoms with Gasteiger partial charge in [-0.3, -0.25) is 0 Å². The Balaban J connectivity index is 1.44. The van der Waals surface area contributed by atoms with Gasteiger partial charge in [0.25, 0.3) is 0 Å². The van der Waals surface area contributed by atoms with Gasteiger partial charge >= 0.3 is 0 Å². The fourth-order valence-electron chi connectivity index (χ4n) is 5.06. The maximum Gasteiger partial charge on any atom is 0.141 e. The SMILES string of the molecule is N#Cc1cc(-c2cccc(-c3cc4sc5cc(-c6ccccc6)ccc5c4c4ccccc34)n2)ccn1. The monoisotopic (exact) mass is 489 g/mol. The highest BCUT2D eigenvalue weighted by Crippen LogP contribution is 2.43. The van der Waals surface area contributed by atoms with Crippen LogP contribution in [0.15, 0.2) is 115 Å². The number of thiophene rings is 1. The number of hydrogen-bond acceptors (Lipinski definition) is 4. The fourth-order valence-corrected chi connectivity index (χ4v) is 6.26. The number of nitrogens with zero attached hydrogens (tertiary/aromatic N) is 3. The van der Waals surface area contributed by atoms with E-state index in [4.69, 9.17) is 4.98 Å². The lowest BCUT2D eigenvalue weighted by atomic mass is 9.96. The molecule has 0 atom stereocenters. The first-order chi connectivity index (χ1) is 18.3. The van der Waals surface area contributed by atoms with Crippen molar-refractivity contribution in [3.05, 3.63) is 121 Å².